The Hall–Kier alpha value is -2.11. The Labute approximate surface area is 80.6 Å². The SMILES string of the molecule is Nc1ccnc(NCc2ncn[nH]2)c1. The molecule has 2 rings (SSSR count). The number of hydrogen-bond acceptors (Lipinski definition) is 5. The van der Waals surface area contributed by atoms with E-state index < -0.39 is 0 Å². The van der Waals surface area contributed by atoms with E-state index in [-0.39, 0.29) is 0 Å². The summed E-state index contributed by atoms with van der Waals surface area (Å²) in [4.78, 5) is 8.05. The quantitative estimate of drug-likeness (QED) is 0.651. The topological polar surface area (TPSA) is 92.5 Å². The Bertz CT molecular complexity index is 396. The maximum Gasteiger partial charge on any atom is 0.143 e. The molecule has 0 spiro atoms. The highest BCUT2D eigenvalue weighted by Gasteiger charge is 1.96. The Morgan fingerprint density at radius 2 is 2.36 bits per heavy atom. The second-order valence-electron chi connectivity index (χ2n) is 2.76. The van der Waals surface area contributed by atoms with Crippen LogP contribution in [0.15, 0.2) is 24.7 Å². The van der Waals surface area contributed by atoms with Gasteiger partial charge in [0.15, 0.2) is 0 Å². The zero-order valence-corrected chi connectivity index (χ0v) is 7.44. The molecule has 0 fully saturated rings. The molecule has 0 amide bonds. The van der Waals surface area contributed by atoms with Gasteiger partial charge < -0.3 is 11.1 Å². The number of nitrogens with zero attached hydrogens (tertiary/aromatic N) is 3. The van der Waals surface area contributed by atoms with Crippen LogP contribution in [0.5, 0.6) is 0 Å². The molecule has 6 heteroatoms. The molecule has 2 aromatic rings. The fourth-order valence-electron chi connectivity index (χ4n) is 1.03. The van der Waals surface area contributed by atoms with E-state index in [1.165, 1.54) is 6.33 Å². The third kappa shape index (κ3) is 1.98. The lowest BCUT2D eigenvalue weighted by Crippen LogP contribution is -2.03. The van der Waals surface area contributed by atoms with Crippen LogP contribution in [0.4, 0.5) is 11.5 Å². The monoisotopic (exact) mass is 190 g/mol. The number of aromatic nitrogens is 4. The largest absolute Gasteiger partial charge is 0.399 e. The minimum Gasteiger partial charge on any atom is -0.399 e. The van der Waals surface area contributed by atoms with Gasteiger partial charge >= 0.3 is 0 Å². The number of aromatic amines is 1. The summed E-state index contributed by atoms with van der Waals surface area (Å²) in [6.07, 6.45) is 3.11. The molecule has 0 saturated carbocycles. The van der Waals surface area contributed by atoms with E-state index in [2.05, 4.69) is 25.5 Å². The number of rotatable bonds is 3. The highest BCUT2D eigenvalue weighted by atomic mass is 15.2. The molecule has 14 heavy (non-hydrogen) atoms. The fraction of sp³-hybridized carbons (Fsp3) is 0.125. The standard InChI is InChI=1S/C8H10N6/c9-6-1-2-10-7(3-6)11-4-8-12-5-13-14-8/h1-3,5H,4H2,(H3,9,10,11)(H,12,13,14). The van der Waals surface area contributed by atoms with Crippen LogP contribution in [0.2, 0.25) is 0 Å². The Balaban J connectivity index is 1.98. The molecule has 0 aliphatic heterocycles. The number of nitrogens with two attached hydrogens (primary N) is 1. The Morgan fingerprint density at radius 3 is 3.07 bits per heavy atom. The minimum absolute atomic E-state index is 0.552. The number of H-pyrrole nitrogens is 1. The number of pyridine rings is 1. The predicted octanol–water partition coefficient (Wildman–Crippen LogP) is 0.394. The smallest absolute Gasteiger partial charge is 0.143 e. The number of nitrogen functional groups attached to an aromatic ring is 1. The molecule has 4 N–H and O–H groups in total. The van der Waals surface area contributed by atoms with Gasteiger partial charge in [-0.25, -0.2) is 9.97 Å². The van der Waals surface area contributed by atoms with Crippen molar-refractivity contribution in [3.05, 3.63) is 30.5 Å². The van der Waals surface area contributed by atoms with Crippen LogP contribution in [-0.2, 0) is 6.54 Å². The van der Waals surface area contributed by atoms with Gasteiger partial charge in [-0.15, -0.1) is 0 Å². The van der Waals surface area contributed by atoms with Gasteiger partial charge in [-0.2, -0.15) is 5.10 Å². The summed E-state index contributed by atoms with van der Waals surface area (Å²) in [5.74, 6) is 1.48. The molecule has 6 nitrogen and oxygen atoms in total. The maximum absolute atomic E-state index is 5.59. The molecule has 0 saturated heterocycles. The van der Waals surface area contributed by atoms with E-state index in [0.717, 1.165) is 11.6 Å². The van der Waals surface area contributed by atoms with Crippen molar-refractivity contribution in [1.82, 2.24) is 20.2 Å². The summed E-state index contributed by atoms with van der Waals surface area (Å²) in [5.41, 5.74) is 6.27. The molecular weight excluding hydrogens is 180 g/mol. The van der Waals surface area contributed by atoms with Gasteiger partial charge in [0.2, 0.25) is 0 Å². The Morgan fingerprint density at radius 1 is 1.43 bits per heavy atom. The van der Waals surface area contributed by atoms with E-state index in [1.54, 1.807) is 18.3 Å². The molecule has 2 aromatic heterocycles. The number of anilines is 2. The molecule has 2 heterocycles. The van der Waals surface area contributed by atoms with Crippen molar-refractivity contribution < 1.29 is 0 Å². The molecule has 72 valence electrons. The second-order valence-corrected chi connectivity index (χ2v) is 2.76. The van der Waals surface area contributed by atoms with Crippen LogP contribution in [0, 0.1) is 0 Å². The summed E-state index contributed by atoms with van der Waals surface area (Å²) in [6, 6.07) is 3.50. The lowest BCUT2D eigenvalue weighted by molar-refractivity contribution is 0.948. The molecule has 0 aliphatic rings. The van der Waals surface area contributed by atoms with Gasteiger partial charge in [0, 0.05) is 18.0 Å². The summed E-state index contributed by atoms with van der Waals surface area (Å²) in [6.45, 7) is 0.552. The van der Waals surface area contributed by atoms with Crippen LogP contribution >= 0.6 is 0 Å². The van der Waals surface area contributed by atoms with Gasteiger partial charge in [0.05, 0.1) is 6.54 Å². The van der Waals surface area contributed by atoms with Gasteiger partial charge in [-0.1, -0.05) is 0 Å². The first kappa shape index (κ1) is 8.49. The average Bonchev–Trinajstić information content (AvgIpc) is 2.67. The average molecular weight is 190 g/mol. The van der Waals surface area contributed by atoms with Crippen molar-refractivity contribution >= 4 is 11.5 Å². The zero-order chi connectivity index (χ0) is 9.80. The summed E-state index contributed by atoms with van der Waals surface area (Å²) < 4.78 is 0. The molecule has 0 atom stereocenters. The fourth-order valence-corrected chi connectivity index (χ4v) is 1.03. The normalized spacial score (nSPS) is 10.0. The van der Waals surface area contributed by atoms with Gasteiger partial charge in [0.25, 0.3) is 0 Å². The first-order chi connectivity index (χ1) is 6.84. The molecule has 0 radical (unpaired) electrons. The van der Waals surface area contributed by atoms with Crippen molar-refractivity contribution in [1.29, 1.82) is 0 Å². The van der Waals surface area contributed by atoms with E-state index >= 15 is 0 Å². The highest BCUT2D eigenvalue weighted by Crippen LogP contribution is 2.08. The minimum atomic E-state index is 0.552. The van der Waals surface area contributed by atoms with Gasteiger partial charge in [-0.05, 0) is 6.07 Å². The van der Waals surface area contributed by atoms with Gasteiger partial charge in [0.1, 0.15) is 18.0 Å². The first-order valence-corrected chi connectivity index (χ1v) is 4.14. The number of nitrogens with one attached hydrogen (secondary N) is 2. The third-order valence-electron chi connectivity index (χ3n) is 1.69. The number of hydrogen-bond donors (Lipinski definition) is 3. The van der Waals surface area contributed by atoms with E-state index in [9.17, 15) is 0 Å². The van der Waals surface area contributed by atoms with Crippen LogP contribution in [0.3, 0.4) is 0 Å². The first-order valence-electron chi connectivity index (χ1n) is 4.14. The van der Waals surface area contributed by atoms with Crippen molar-refractivity contribution in [3.63, 3.8) is 0 Å². The van der Waals surface area contributed by atoms with Crippen LogP contribution in [0.1, 0.15) is 5.82 Å². The van der Waals surface area contributed by atoms with Crippen LogP contribution in [0.25, 0.3) is 0 Å². The second kappa shape index (κ2) is 3.73. The molecule has 0 aromatic carbocycles. The van der Waals surface area contributed by atoms with E-state index in [4.69, 9.17) is 5.73 Å². The van der Waals surface area contributed by atoms with E-state index in [1.807, 2.05) is 0 Å². The highest BCUT2D eigenvalue weighted by molar-refractivity contribution is 5.48. The lowest BCUT2D eigenvalue weighted by Gasteiger charge is -2.02. The lowest BCUT2D eigenvalue weighted by atomic mass is 10.4. The predicted molar refractivity (Wildman–Crippen MR) is 52.4 cm³/mol. The zero-order valence-electron chi connectivity index (χ0n) is 7.44. The molecule has 0 bridgehead atoms. The van der Waals surface area contributed by atoms with Gasteiger partial charge in [-0.3, -0.25) is 5.10 Å². The maximum atomic E-state index is 5.59. The van der Waals surface area contributed by atoms with Crippen molar-refractivity contribution in [2.75, 3.05) is 11.1 Å². The third-order valence-corrected chi connectivity index (χ3v) is 1.69. The van der Waals surface area contributed by atoms with Crippen molar-refractivity contribution in [2.45, 2.75) is 6.54 Å². The molecular formula is C8H10N6. The summed E-state index contributed by atoms with van der Waals surface area (Å²) in [5, 5.41) is 9.53. The molecule has 0 unspecified atom stereocenters. The van der Waals surface area contributed by atoms with Crippen molar-refractivity contribution in [2.24, 2.45) is 0 Å². The summed E-state index contributed by atoms with van der Waals surface area (Å²) in [7, 11) is 0. The van der Waals surface area contributed by atoms with Crippen molar-refractivity contribution in [3.8, 4) is 0 Å². The summed E-state index contributed by atoms with van der Waals surface area (Å²) >= 11 is 0. The van der Waals surface area contributed by atoms with E-state index in [0.29, 0.717) is 12.2 Å². The Kier molecular flexibility index (Phi) is 2.26. The molecule has 0 aliphatic carbocycles. The van der Waals surface area contributed by atoms with Crippen LogP contribution in [-0.4, -0.2) is 20.2 Å². The van der Waals surface area contributed by atoms with Crippen LogP contribution < -0.4 is 11.1 Å².